The van der Waals surface area contributed by atoms with Crippen molar-refractivity contribution < 1.29 is 4.79 Å². The van der Waals surface area contributed by atoms with Crippen LogP contribution in [-0.4, -0.2) is 11.2 Å². The van der Waals surface area contributed by atoms with Crippen LogP contribution in [0.3, 0.4) is 0 Å². The van der Waals surface area contributed by atoms with Crippen LogP contribution >= 0.6 is 12.2 Å². The van der Waals surface area contributed by atoms with Crippen molar-refractivity contribution in [3.63, 3.8) is 0 Å². The van der Waals surface area contributed by atoms with Gasteiger partial charge in [0.25, 0.3) is 0 Å². The van der Waals surface area contributed by atoms with Crippen molar-refractivity contribution >= 4 is 23.4 Å². The summed E-state index contributed by atoms with van der Waals surface area (Å²) in [7, 11) is 0. The molecule has 0 aliphatic heterocycles. The minimum Gasteiger partial charge on any atom is -0.350 e. The Bertz CT molecular complexity index is 116. The number of isothiocyanates is 1. The number of hydrogen-bond acceptors (Lipinski definition) is 3. The summed E-state index contributed by atoms with van der Waals surface area (Å²) in [5.74, 6) is 0. The van der Waals surface area contributed by atoms with Crippen LogP contribution < -0.4 is 11.2 Å². The first-order valence-corrected chi connectivity index (χ1v) is 1.80. The molecule has 0 rings (SSSR count). The standard InChI is InChI=1S/C2H3N3OS/c3-2(6)5-4-1-7/h(H3,3,5,6). The fourth-order valence-corrected chi connectivity index (χ4v) is 0.124. The number of carbonyl (C=O) groups excluding carboxylic acids is 1. The smallest absolute Gasteiger partial charge is 0.333 e. The molecule has 0 heterocycles. The monoisotopic (exact) mass is 117 g/mol. The first-order chi connectivity index (χ1) is 3.27. The number of urea groups is 1. The Kier molecular flexibility index (Phi) is 2.83. The van der Waals surface area contributed by atoms with Crippen LogP contribution in [0.15, 0.2) is 5.10 Å². The van der Waals surface area contributed by atoms with Gasteiger partial charge in [0.15, 0.2) is 0 Å². The van der Waals surface area contributed by atoms with E-state index in [1.54, 1.807) is 0 Å². The summed E-state index contributed by atoms with van der Waals surface area (Å²) in [6.07, 6.45) is 0. The van der Waals surface area contributed by atoms with Gasteiger partial charge in [0.05, 0.1) is 5.16 Å². The minimum absolute atomic E-state index is 0.739. The average molecular weight is 117 g/mol. The number of amides is 2. The van der Waals surface area contributed by atoms with Crippen LogP contribution in [0.5, 0.6) is 0 Å². The van der Waals surface area contributed by atoms with Gasteiger partial charge in [0.2, 0.25) is 0 Å². The Morgan fingerprint density at radius 3 is 2.71 bits per heavy atom. The molecule has 38 valence electrons. The quantitative estimate of drug-likeness (QED) is 0.280. The molecule has 0 aromatic rings. The fraction of sp³-hybridized carbons (Fsp3) is 0. The van der Waals surface area contributed by atoms with Crippen molar-refractivity contribution in [2.75, 3.05) is 0 Å². The summed E-state index contributed by atoms with van der Waals surface area (Å²) in [5, 5.41) is 4.91. The van der Waals surface area contributed by atoms with Crippen LogP contribution in [0, 0.1) is 0 Å². The highest BCUT2D eigenvalue weighted by Crippen LogP contribution is 1.51. The lowest BCUT2D eigenvalue weighted by Gasteiger charge is -1.81. The largest absolute Gasteiger partial charge is 0.350 e. The van der Waals surface area contributed by atoms with Gasteiger partial charge in [-0.3, -0.25) is 0 Å². The summed E-state index contributed by atoms with van der Waals surface area (Å²) in [6, 6.07) is -0.739. The van der Waals surface area contributed by atoms with Crippen LogP contribution in [0.2, 0.25) is 0 Å². The van der Waals surface area contributed by atoms with E-state index in [-0.39, 0.29) is 0 Å². The van der Waals surface area contributed by atoms with Gasteiger partial charge in [-0.1, -0.05) is 0 Å². The molecule has 0 saturated heterocycles. The fourth-order valence-electron chi connectivity index (χ4n) is 0.0779. The lowest BCUT2D eigenvalue weighted by molar-refractivity contribution is 0.249. The molecule has 0 atom stereocenters. The van der Waals surface area contributed by atoms with Gasteiger partial charge in [-0.2, -0.15) is 0 Å². The second-order valence-electron chi connectivity index (χ2n) is 0.679. The third-order valence-electron chi connectivity index (χ3n) is 0.212. The van der Waals surface area contributed by atoms with Crippen molar-refractivity contribution in [3.05, 3.63) is 0 Å². The molecule has 0 unspecified atom stereocenters. The predicted molar refractivity (Wildman–Crippen MR) is 27.7 cm³/mol. The number of nitrogens with zero attached hydrogens (tertiary/aromatic N) is 1. The van der Waals surface area contributed by atoms with Gasteiger partial charge in [-0.25, -0.2) is 10.2 Å². The molecule has 0 spiro atoms. The van der Waals surface area contributed by atoms with Crippen LogP contribution in [0.25, 0.3) is 0 Å². The topological polar surface area (TPSA) is 67.5 Å². The highest BCUT2D eigenvalue weighted by molar-refractivity contribution is 7.78. The van der Waals surface area contributed by atoms with Gasteiger partial charge >= 0.3 is 6.03 Å². The maximum atomic E-state index is 9.69. The number of rotatable bonds is 1. The molecule has 0 saturated carbocycles. The van der Waals surface area contributed by atoms with Gasteiger partial charge in [-0.15, -0.1) is 5.10 Å². The van der Waals surface area contributed by atoms with E-state index in [2.05, 4.69) is 23.1 Å². The molecular weight excluding hydrogens is 114 g/mol. The number of hydrazone groups is 1. The third kappa shape index (κ3) is 5.07. The van der Waals surface area contributed by atoms with Crippen molar-refractivity contribution in [1.82, 2.24) is 5.43 Å². The van der Waals surface area contributed by atoms with E-state index < -0.39 is 6.03 Å². The lowest BCUT2D eigenvalue weighted by atomic mass is 11.1. The predicted octanol–water partition coefficient (Wildman–Crippen LogP) is -0.327. The van der Waals surface area contributed by atoms with E-state index in [4.69, 9.17) is 0 Å². The Balaban J connectivity index is 3.32. The molecule has 0 radical (unpaired) electrons. The number of primary amides is 1. The number of carbonyl (C=O) groups is 1. The minimum atomic E-state index is -0.739. The molecule has 4 nitrogen and oxygen atoms in total. The molecule has 0 bridgehead atoms. The average Bonchev–Trinajstić information content (AvgIpc) is 1.61. The zero-order valence-corrected chi connectivity index (χ0v) is 4.16. The Morgan fingerprint density at radius 1 is 2.00 bits per heavy atom. The molecule has 0 aromatic carbocycles. The molecule has 0 fully saturated rings. The van der Waals surface area contributed by atoms with Gasteiger partial charge in [0, 0.05) is 0 Å². The van der Waals surface area contributed by atoms with Crippen LogP contribution in [-0.2, 0) is 0 Å². The molecule has 7 heavy (non-hydrogen) atoms. The number of nitrogens with one attached hydrogen (secondary N) is 1. The second-order valence-corrected chi connectivity index (χ2v) is 0.862. The number of nitrogens with two attached hydrogens (primary N) is 1. The summed E-state index contributed by atoms with van der Waals surface area (Å²) in [4.78, 5) is 9.69. The highest BCUT2D eigenvalue weighted by atomic mass is 32.1. The molecule has 0 aliphatic carbocycles. The summed E-state index contributed by atoms with van der Waals surface area (Å²) < 4.78 is 0. The maximum absolute atomic E-state index is 9.69. The van der Waals surface area contributed by atoms with Crippen molar-refractivity contribution in [2.24, 2.45) is 10.8 Å². The molecule has 0 aliphatic rings. The van der Waals surface area contributed by atoms with E-state index in [9.17, 15) is 4.79 Å². The van der Waals surface area contributed by atoms with E-state index in [0.29, 0.717) is 0 Å². The van der Waals surface area contributed by atoms with Crippen molar-refractivity contribution in [3.8, 4) is 0 Å². The van der Waals surface area contributed by atoms with Gasteiger partial charge < -0.3 is 5.73 Å². The Hall–Kier alpha value is -0.930. The summed E-state index contributed by atoms with van der Waals surface area (Å²) >= 11 is 4.08. The molecule has 5 heteroatoms. The van der Waals surface area contributed by atoms with Crippen LogP contribution in [0.4, 0.5) is 4.79 Å². The highest BCUT2D eigenvalue weighted by Gasteiger charge is 1.79. The maximum Gasteiger partial charge on any atom is 0.333 e. The SMILES string of the molecule is NC(=O)NN=C=S. The van der Waals surface area contributed by atoms with E-state index in [1.807, 2.05) is 10.6 Å². The molecule has 3 N–H and O–H groups in total. The Morgan fingerprint density at radius 2 is 2.57 bits per heavy atom. The first kappa shape index (κ1) is 6.07. The first-order valence-electron chi connectivity index (χ1n) is 1.39. The number of thiocarbonyl (C=S) groups is 1. The zero-order valence-electron chi connectivity index (χ0n) is 3.34. The van der Waals surface area contributed by atoms with Gasteiger partial charge in [-0.05, 0) is 12.2 Å². The zero-order chi connectivity index (χ0) is 5.70. The molecular formula is C2H3N3OS. The lowest BCUT2D eigenvalue weighted by Crippen LogP contribution is -2.23. The van der Waals surface area contributed by atoms with E-state index >= 15 is 0 Å². The number of hydrogen-bond donors (Lipinski definition) is 2. The van der Waals surface area contributed by atoms with Crippen molar-refractivity contribution in [1.29, 1.82) is 0 Å². The van der Waals surface area contributed by atoms with Gasteiger partial charge in [0.1, 0.15) is 0 Å². The second kappa shape index (κ2) is 3.27. The molecule has 2 amide bonds. The van der Waals surface area contributed by atoms with E-state index in [0.717, 1.165) is 0 Å². The summed E-state index contributed by atoms with van der Waals surface area (Å²) in [6.45, 7) is 0. The van der Waals surface area contributed by atoms with E-state index in [1.165, 1.54) is 0 Å². The van der Waals surface area contributed by atoms with Crippen LogP contribution in [0.1, 0.15) is 0 Å². The Labute approximate surface area is 45.4 Å². The third-order valence-corrected chi connectivity index (χ3v) is 0.303. The van der Waals surface area contributed by atoms with Crippen molar-refractivity contribution in [2.45, 2.75) is 0 Å². The normalized spacial score (nSPS) is 6.29. The summed E-state index contributed by atoms with van der Waals surface area (Å²) in [5.41, 5.74) is 6.39. The molecule has 0 aromatic heterocycles.